The SMILES string of the molecule is COCCCOC(C)=O.O. The highest BCUT2D eigenvalue weighted by molar-refractivity contribution is 5.65. The maximum absolute atomic E-state index is 10.1. The lowest BCUT2D eigenvalue weighted by Crippen LogP contribution is -2.02. The third-order valence-electron chi connectivity index (χ3n) is 0.798. The van der Waals surface area contributed by atoms with Crippen LogP contribution < -0.4 is 0 Å². The predicted octanol–water partition coefficient (Wildman–Crippen LogP) is -0.239. The van der Waals surface area contributed by atoms with Gasteiger partial charge in [0.05, 0.1) is 6.61 Å². The van der Waals surface area contributed by atoms with Crippen LogP contribution in [0.4, 0.5) is 0 Å². The second-order valence-corrected chi connectivity index (χ2v) is 1.69. The molecule has 4 heteroatoms. The summed E-state index contributed by atoms with van der Waals surface area (Å²) in [6.45, 7) is 2.50. The van der Waals surface area contributed by atoms with E-state index >= 15 is 0 Å². The topological polar surface area (TPSA) is 67.0 Å². The Bertz CT molecular complexity index is 81.8. The number of rotatable bonds is 4. The van der Waals surface area contributed by atoms with E-state index in [9.17, 15) is 4.79 Å². The van der Waals surface area contributed by atoms with Gasteiger partial charge in [0.25, 0.3) is 0 Å². The van der Waals surface area contributed by atoms with Crippen molar-refractivity contribution >= 4 is 5.97 Å². The Hall–Kier alpha value is -0.610. The summed E-state index contributed by atoms with van der Waals surface area (Å²) in [5.74, 6) is -0.230. The lowest BCUT2D eigenvalue weighted by molar-refractivity contribution is -0.141. The summed E-state index contributed by atoms with van der Waals surface area (Å²) in [5.41, 5.74) is 0. The molecule has 0 aliphatic rings. The molecule has 0 bridgehead atoms. The van der Waals surface area contributed by atoms with E-state index in [1.807, 2.05) is 0 Å². The van der Waals surface area contributed by atoms with Gasteiger partial charge in [0, 0.05) is 27.1 Å². The Morgan fingerprint density at radius 3 is 2.40 bits per heavy atom. The number of carbonyl (C=O) groups excluding carboxylic acids is 1. The van der Waals surface area contributed by atoms with Gasteiger partial charge in [-0.15, -0.1) is 0 Å². The monoisotopic (exact) mass is 150 g/mol. The molecule has 0 amide bonds. The molecule has 0 radical (unpaired) electrons. The summed E-state index contributed by atoms with van der Waals surface area (Å²) in [6, 6.07) is 0. The summed E-state index contributed by atoms with van der Waals surface area (Å²) in [6.07, 6.45) is 0.774. The molecule has 2 N–H and O–H groups in total. The van der Waals surface area contributed by atoms with Gasteiger partial charge in [-0.1, -0.05) is 0 Å². The summed E-state index contributed by atoms with van der Waals surface area (Å²) in [7, 11) is 1.62. The van der Waals surface area contributed by atoms with Crippen molar-refractivity contribution in [3.05, 3.63) is 0 Å². The molecule has 0 unspecified atom stereocenters. The van der Waals surface area contributed by atoms with Crippen LogP contribution in [-0.4, -0.2) is 31.8 Å². The van der Waals surface area contributed by atoms with Crippen LogP contribution in [0.2, 0.25) is 0 Å². The molecule has 0 aliphatic heterocycles. The van der Waals surface area contributed by atoms with Crippen molar-refractivity contribution in [2.45, 2.75) is 13.3 Å². The third-order valence-corrected chi connectivity index (χ3v) is 0.798. The molecule has 0 spiro atoms. The smallest absolute Gasteiger partial charge is 0.302 e. The highest BCUT2D eigenvalue weighted by Gasteiger charge is 1.90. The number of carbonyl (C=O) groups is 1. The van der Waals surface area contributed by atoms with E-state index in [4.69, 9.17) is 4.74 Å². The van der Waals surface area contributed by atoms with Crippen molar-refractivity contribution < 1.29 is 19.7 Å². The van der Waals surface area contributed by atoms with E-state index in [-0.39, 0.29) is 11.4 Å². The van der Waals surface area contributed by atoms with Gasteiger partial charge < -0.3 is 14.9 Å². The highest BCUT2D eigenvalue weighted by Crippen LogP contribution is 1.82. The summed E-state index contributed by atoms with van der Waals surface area (Å²) in [4.78, 5) is 10.1. The molecule has 0 heterocycles. The van der Waals surface area contributed by atoms with Crippen LogP contribution in [0.3, 0.4) is 0 Å². The Morgan fingerprint density at radius 1 is 1.40 bits per heavy atom. The normalized spacial score (nSPS) is 8.20. The number of hydrogen-bond donors (Lipinski definition) is 0. The zero-order valence-electron chi connectivity index (χ0n) is 6.35. The fourth-order valence-electron chi connectivity index (χ4n) is 0.419. The number of hydrogen-bond acceptors (Lipinski definition) is 3. The van der Waals surface area contributed by atoms with E-state index in [0.29, 0.717) is 13.2 Å². The quantitative estimate of drug-likeness (QED) is 0.410. The van der Waals surface area contributed by atoms with E-state index in [1.165, 1.54) is 6.92 Å². The lowest BCUT2D eigenvalue weighted by Gasteiger charge is -1.98. The molecule has 0 fully saturated rings. The van der Waals surface area contributed by atoms with Gasteiger partial charge in [0.15, 0.2) is 0 Å². The van der Waals surface area contributed by atoms with Gasteiger partial charge in [0.1, 0.15) is 0 Å². The first-order chi connectivity index (χ1) is 4.27. The molecule has 0 saturated heterocycles. The number of esters is 1. The van der Waals surface area contributed by atoms with E-state index in [1.54, 1.807) is 7.11 Å². The minimum atomic E-state index is -0.230. The average molecular weight is 150 g/mol. The largest absolute Gasteiger partial charge is 0.466 e. The average Bonchev–Trinajstić information content (AvgIpc) is 1.80. The van der Waals surface area contributed by atoms with E-state index in [2.05, 4.69) is 4.74 Å². The van der Waals surface area contributed by atoms with Gasteiger partial charge >= 0.3 is 5.97 Å². The molecule has 0 atom stereocenters. The zero-order valence-corrected chi connectivity index (χ0v) is 6.35. The van der Waals surface area contributed by atoms with Crippen LogP contribution in [0, 0.1) is 0 Å². The van der Waals surface area contributed by atoms with Crippen LogP contribution in [0.5, 0.6) is 0 Å². The Kier molecular flexibility index (Phi) is 10.2. The molecular weight excluding hydrogens is 136 g/mol. The molecule has 62 valence electrons. The summed E-state index contributed by atoms with van der Waals surface area (Å²) >= 11 is 0. The van der Waals surface area contributed by atoms with Crippen LogP contribution in [0.15, 0.2) is 0 Å². The Morgan fingerprint density at radius 2 is 2.00 bits per heavy atom. The van der Waals surface area contributed by atoms with Crippen molar-refractivity contribution in [2.24, 2.45) is 0 Å². The van der Waals surface area contributed by atoms with Crippen LogP contribution in [0.25, 0.3) is 0 Å². The number of methoxy groups -OCH3 is 1. The lowest BCUT2D eigenvalue weighted by atomic mass is 10.5. The minimum absolute atomic E-state index is 0. The van der Waals surface area contributed by atoms with Crippen LogP contribution in [0.1, 0.15) is 13.3 Å². The van der Waals surface area contributed by atoms with Crippen LogP contribution in [-0.2, 0) is 14.3 Å². The molecule has 0 aliphatic carbocycles. The number of ether oxygens (including phenoxy) is 2. The first kappa shape index (κ1) is 12.1. The van der Waals surface area contributed by atoms with Gasteiger partial charge in [-0.25, -0.2) is 0 Å². The second-order valence-electron chi connectivity index (χ2n) is 1.69. The molecule has 4 nitrogen and oxygen atoms in total. The Balaban J connectivity index is 0. The van der Waals surface area contributed by atoms with Crippen molar-refractivity contribution in [3.63, 3.8) is 0 Å². The van der Waals surface area contributed by atoms with Crippen molar-refractivity contribution in [3.8, 4) is 0 Å². The van der Waals surface area contributed by atoms with Crippen molar-refractivity contribution in [1.29, 1.82) is 0 Å². The first-order valence-corrected chi connectivity index (χ1v) is 2.89. The molecule has 10 heavy (non-hydrogen) atoms. The van der Waals surface area contributed by atoms with Gasteiger partial charge in [-0.05, 0) is 0 Å². The molecule has 0 rings (SSSR count). The van der Waals surface area contributed by atoms with Crippen LogP contribution >= 0.6 is 0 Å². The minimum Gasteiger partial charge on any atom is -0.466 e. The second kappa shape index (κ2) is 8.39. The maximum Gasteiger partial charge on any atom is 0.302 e. The van der Waals surface area contributed by atoms with E-state index < -0.39 is 0 Å². The third kappa shape index (κ3) is 10.4. The molecule has 0 aromatic carbocycles. The Labute approximate surface area is 60.4 Å². The highest BCUT2D eigenvalue weighted by atomic mass is 16.5. The first-order valence-electron chi connectivity index (χ1n) is 2.89. The molecular formula is C6H14O4. The summed E-state index contributed by atoms with van der Waals surface area (Å²) in [5, 5.41) is 0. The molecule has 0 aromatic rings. The fourth-order valence-corrected chi connectivity index (χ4v) is 0.419. The molecule has 0 aromatic heterocycles. The van der Waals surface area contributed by atoms with Gasteiger partial charge in [-0.2, -0.15) is 0 Å². The van der Waals surface area contributed by atoms with Gasteiger partial charge in [-0.3, -0.25) is 4.79 Å². The van der Waals surface area contributed by atoms with Crippen molar-refractivity contribution in [2.75, 3.05) is 20.3 Å². The van der Waals surface area contributed by atoms with Crippen molar-refractivity contribution in [1.82, 2.24) is 0 Å². The van der Waals surface area contributed by atoms with Gasteiger partial charge in [0.2, 0.25) is 0 Å². The summed E-state index contributed by atoms with van der Waals surface area (Å²) < 4.78 is 9.36. The van der Waals surface area contributed by atoms with E-state index in [0.717, 1.165) is 6.42 Å². The predicted molar refractivity (Wildman–Crippen MR) is 36.7 cm³/mol. The maximum atomic E-state index is 10.1. The zero-order chi connectivity index (χ0) is 7.11. The standard InChI is InChI=1S/C6H12O3.H2O/c1-6(7)9-5-3-4-8-2;/h3-5H2,1-2H3;1H2. The fraction of sp³-hybridized carbons (Fsp3) is 0.833. The molecule has 0 saturated carbocycles.